The number of non-ortho nitro benzene ring substituents is 1. The lowest BCUT2D eigenvalue weighted by atomic mass is 10.0. The number of aryl methyl sites for hydroxylation is 1. The predicted molar refractivity (Wildman–Crippen MR) is 113 cm³/mol. The molecule has 7 nitrogen and oxygen atoms in total. The number of nitro benzene ring substituents is 1. The van der Waals surface area contributed by atoms with Gasteiger partial charge in [0.05, 0.1) is 4.92 Å². The van der Waals surface area contributed by atoms with E-state index in [0.29, 0.717) is 18.3 Å². The first-order valence-electron chi connectivity index (χ1n) is 9.33. The third kappa shape index (κ3) is 5.14. The summed E-state index contributed by atoms with van der Waals surface area (Å²) in [6.45, 7) is 6.68. The second kappa shape index (κ2) is 9.09. The van der Waals surface area contributed by atoms with Crippen molar-refractivity contribution in [1.82, 2.24) is 14.8 Å². The van der Waals surface area contributed by atoms with Gasteiger partial charge in [-0.15, -0.1) is 10.2 Å². The van der Waals surface area contributed by atoms with E-state index in [9.17, 15) is 10.1 Å². The van der Waals surface area contributed by atoms with Crippen LogP contribution in [0.1, 0.15) is 42.3 Å². The number of nitro groups is 1. The Morgan fingerprint density at radius 1 is 1.17 bits per heavy atom. The number of aromatic nitrogens is 3. The molecule has 0 spiro atoms. The molecule has 3 aromatic rings. The Morgan fingerprint density at radius 3 is 2.55 bits per heavy atom. The van der Waals surface area contributed by atoms with Crippen LogP contribution in [0.15, 0.2) is 47.6 Å². The molecule has 0 atom stereocenters. The van der Waals surface area contributed by atoms with Crippen molar-refractivity contribution >= 4 is 17.4 Å². The van der Waals surface area contributed by atoms with Gasteiger partial charge in [-0.05, 0) is 35.6 Å². The summed E-state index contributed by atoms with van der Waals surface area (Å²) in [6.07, 6.45) is 0. The second-order valence-electron chi connectivity index (χ2n) is 7.15. The molecule has 0 fully saturated rings. The van der Waals surface area contributed by atoms with Gasteiger partial charge in [-0.1, -0.05) is 49.9 Å². The van der Waals surface area contributed by atoms with Crippen molar-refractivity contribution in [3.8, 4) is 5.75 Å². The van der Waals surface area contributed by atoms with Crippen LogP contribution in [0, 0.1) is 17.0 Å². The van der Waals surface area contributed by atoms with Crippen LogP contribution >= 0.6 is 11.8 Å². The standard InChI is InChI=1S/C21H24N4O3S/c1-14(2)18-10-5-15(3)11-19(18)28-12-20-22-23-21(24(20)4)29-13-16-6-8-17(9-7-16)25(26)27/h5-11,14H,12-13H2,1-4H3. The van der Waals surface area contributed by atoms with Crippen LogP contribution in [0.3, 0.4) is 0 Å². The lowest BCUT2D eigenvalue weighted by molar-refractivity contribution is -0.384. The summed E-state index contributed by atoms with van der Waals surface area (Å²) in [5, 5.41) is 20.0. The van der Waals surface area contributed by atoms with Crippen molar-refractivity contribution in [2.45, 2.75) is 44.2 Å². The summed E-state index contributed by atoms with van der Waals surface area (Å²) in [7, 11) is 1.91. The molecule has 1 heterocycles. The van der Waals surface area contributed by atoms with Gasteiger partial charge in [0.25, 0.3) is 5.69 Å². The van der Waals surface area contributed by atoms with Crippen LogP contribution in [0.5, 0.6) is 5.75 Å². The van der Waals surface area contributed by atoms with E-state index in [1.165, 1.54) is 29.5 Å². The normalized spacial score (nSPS) is 11.1. The number of rotatable bonds is 8. The highest BCUT2D eigenvalue weighted by atomic mass is 32.2. The topological polar surface area (TPSA) is 83.1 Å². The van der Waals surface area contributed by atoms with Crippen LogP contribution in [-0.4, -0.2) is 19.7 Å². The monoisotopic (exact) mass is 412 g/mol. The van der Waals surface area contributed by atoms with Gasteiger partial charge in [-0.25, -0.2) is 0 Å². The van der Waals surface area contributed by atoms with Gasteiger partial charge in [-0.2, -0.15) is 0 Å². The van der Waals surface area contributed by atoms with E-state index >= 15 is 0 Å². The van der Waals surface area contributed by atoms with E-state index in [1.807, 2.05) is 18.5 Å². The number of hydrogen-bond donors (Lipinski definition) is 0. The molecule has 8 heteroatoms. The van der Waals surface area contributed by atoms with Crippen LogP contribution < -0.4 is 4.74 Å². The van der Waals surface area contributed by atoms with Crippen LogP contribution in [-0.2, 0) is 19.4 Å². The Morgan fingerprint density at radius 2 is 1.90 bits per heavy atom. The molecule has 2 aromatic carbocycles. The molecule has 29 heavy (non-hydrogen) atoms. The molecule has 0 aliphatic heterocycles. The highest BCUT2D eigenvalue weighted by Gasteiger charge is 2.13. The zero-order valence-electron chi connectivity index (χ0n) is 17.0. The third-order valence-electron chi connectivity index (χ3n) is 4.59. The van der Waals surface area contributed by atoms with Crippen LogP contribution in [0.4, 0.5) is 5.69 Å². The number of thioether (sulfide) groups is 1. The Bertz CT molecular complexity index is 1000. The summed E-state index contributed by atoms with van der Waals surface area (Å²) in [5.41, 5.74) is 3.41. The Hall–Kier alpha value is -2.87. The summed E-state index contributed by atoms with van der Waals surface area (Å²) in [5.74, 6) is 2.65. The predicted octanol–water partition coefficient (Wildman–Crippen LogP) is 5.03. The van der Waals surface area contributed by atoms with Gasteiger partial charge >= 0.3 is 0 Å². The van der Waals surface area contributed by atoms with E-state index in [2.05, 4.69) is 42.2 Å². The number of nitrogens with zero attached hydrogens (tertiary/aromatic N) is 4. The molecular formula is C21H24N4O3S. The summed E-state index contributed by atoms with van der Waals surface area (Å²) < 4.78 is 7.98. The molecule has 0 saturated heterocycles. The molecule has 0 bridgehead atoms. The minimum absolute atomic E-state index is 0.0914. The van der Waals surface area contributed by atoms with E-state index in [-0.39, 0.29) is 5.69 Å². The van der Waals surface area contributed by atoms with Gasteiger partial charge in [0.1, 0.15) is 12.4 Å². The highest BCUT2D eigenvalue weighted by molar-refractivity contribution is 7.98. The van der Waals surface area contributed by atoms with Gasteiger partial charge in [-0.3, -0.25) is 10.1 Å². The molecule has 0 N–H and O–H groups in total. The number of benzene rings is 2. The maximum absolute atomic E-state index is 10.7. The largest absolute Gasteiger partial charge is 0.485 e. The fraction of sp³-hybridized carbons (Fsp3) is 0.333. The van der Waals surface area contributed by atoms with Crippen molar-refractivity contribution in [3.63, 3.8) is 0 Å². The SMILES string of the molecule is Cc1ccc(C(C)C)c(OCc2nnc(SCc3ccc([N+](=O)[O-])cc3)n2C)c1. The molecule has 0 saturated carbocycles. The summed E-state index contributed by atoms with van der Waals surface area (Å²) in [4.78, 5) is 10.3. The molecule has 1 aromatic heterocycles. The molecule has 0 unspecified atom stereocenters. The lowest BCUT2D eigenvalue weighted by Crippen LogP contribution is -2.06. The number of hydrogen-bond acceptors (Lipinski definition) is 6. The highest BCUT2D eigenvalue weighted by Crippen LogP contribution is 2.28. The Kier molecular flexibility index (Phi) is 6.53. The Balaban J connectivity index is 1.64. The first-order chi connectivity index (χ1) is 13.8. The fourth-order valence-corrected chi connectivity index (χ4v) is 3.73. The second-order valence-corrected chi connectivity index (χ2v) is 8.10. The van der Waals surface area contributed by atoms with Gasteiger partial charge in [0.2, 0.25) is 0 Å². The quantitative estimate of drug-likeness (QED) is 0.293. The molecule has 0 radical (unpaired) electrons. The third-order valence-corrected chi connectivity index (χ3v) is 5.68. The minimum atomic E-state index is -0.398. The lowest BCUT2D eigenvalue weighted by Gasteiger charge is -2.14. The molecular weight excluding hydrogens is 388 g/mol. The minimum Gasteiger partial charge on any atom is -0.485 e. The van der Waals surface area contributed by atoms with E-state index < -0.39 is 4.92 Å². The van der Waals surface area contributed by atoms with E-state index in [4.69, 9.17) is 4.74 Å². The van der Waals surface area contributed by atoms with Crippen molar-refractivity contribution in [3.05, 3.63) is 75.1 Å². The van der Waals surface area contributed by atoms with Crippen molar-refractivity contribution in [1.29, 1.82) is 0 Å². The van der Waals surface area contributed by atoms with Gasteiger partial charge in [0, 0.05) is 24.9 Å². The summed E-state index contributed by atoms with van der Waals surface area (Å²) >= 11 is 1.53. The first-order valence-corrected chi connectivity index (χ1v) is 10.3. The molecule has 0 aliphatic carbocycles. The van der Waals surface area contributed by atoms with Crippen molar-refractivity contribution < 1.29 is 9.66 Å². The van der Waals surface area contributed by atoms with Gasteiger partial charge < -0.3 is 9.30 Å². The Labute approximate surface area is 174 Å². The van der Waals surface area contributed by atoms with Crippen LogP contribution in [0.25, 0.3) is 0 Å². The van der Waals surface area contributed by atoms with E-state index in [1.54, 1.807) is 12.1 Å². The van der Waals surface area contributed by atoms with Crippen LogP contribution in [0.2, 0.25) is 0 Å². The van der Waals surface area contributed by atoms with Gasteiger partial charge in [0.15, 0.2) is 11.0 Å². The average molecular weight is 413 g/mol. The van der Waals surface area contributed by atoms with Crippen molar-refractivity contribution in [2.75, 3.05) is 0 Å². The summed E-state index contributed by atoms with van der Waals surface area (Å²) in [6, 6.07) is 12.8. The maximum atomic E-state index is 10.7. The zero-order valence-corrected chi connectivity index (χ0v) is 17.8. The molecule has 3 rings (SSSR count). The molecule has 0 aliphatic rings. The fourth-order valence-electron chi connectivity index (χ4n) is 2.84. The molecule has 0 amide bonds. The zero-order chi connectivity index (χ0) is 21.0. The smallest absolute Gasteiger partial charge is 0.269 e. The number of ether oxygens (including phenoxy) is 1. The van der Waals surface area contributed by atoms with E-state index in [0.717, 1.165) is 27.9 Å². The first kappa shape index (κ1) is 20.9. The maximum Gasteiger partial charge on any atom is 0.269 e. The average Bonchev–Trinajstić information content (AvgIpc) is 3.04. The van der Waals surface area contributed by atoms with Crippen molar-refractivity contribution in [2.24, 2.45) is 7.05 Å². The molecule has 152 valence electrons.